The highest BCUT2D eigenvalue weighted by Crippen LogP contribution is 2.24. The van der Waals surface area contributed by atoms with Crippen LogP contribution in [-0.4, -0.2) is 0 Å². The third-order valence-corrected chi connectivity index (χ3v) is 4.04. The van der Waals surface area contributed by atoms with Crippen LogP contribution in [0.2, 0.25) is 0 Å². The van der Waals surface area contributed by atoms with Crippen molar-refractivity contribution < 1.29 is 0 Å². The molecule has 102 valence electrons. The van der Waals surface area contributed by atoms with Crippen LogP contribution in [0.1, 0.15) is 57.1 Å². The minimum atomic E-state index is 1.14. The average Bonchev–Trinajstić information content (AvgIpc) is 2.46. The lowest BCUT2D eigenvalue weighted by molar-refractivity contribution is 0.631. The van der Waals surface area contributed by atoms with Crippen LogP contribution in [0.15, 0.2) is 36.4 Å². The molecular formula is C19H26. The van der Waals surface area contributed by atoms with Crippen molar-refractivity contribution >= 4 is 10.8 Å². The molecule has 0 fully saturated rings. The number of fused-ring (bicyclic) bond motifs is 1. The molecule has 0 unspecified atom stereocenters. The topological polar surface area (TPSA) is 0 Å². The van der Waals surface area contributed by atoms with E-state index < -0.39 is 0 Å². The first-order valence-corrected chi connectivity index (χ1v) is 7.86. The Bertz CT molecular complexity index is 510. The highest BCUT2D eigenvalue weighted by molar-refractivity contribution is 5.86. The Morgan fingerprint density at radius 1 is 0.789 bits per heavy atom. The molecule has 0 heteroatoms. The molecule has 2 aromatic rings. The van der Waals surface area contributed by atoms with Gasteiger partial charge >= 0.3 is 0 Å². The molecule has 0 N–H and O–H groups in total. The van der Waals surface area contributed by atoms with Crippen molar-refractivity contribution in [1.29, 1.82) is 0 Å². The fraction of sp³-hybridized carbons (Fsp3) is 0.474. The summed E-state index contributed by atoms with van der Waals surface area (Å²) in [6.07, 6.45) is 9.22. The quantitative estimate of drug-likeness (QED) is 0.538. The molecule has 0 saturated heterocycles. The van der Waals surface area contributed by atoms with Gasteiger partial charge in [0.05, 0.1) is 0 Å². The molecule has 0 bridgehead atoms. The summed E-state index contributed by atoms with van der Waals surface area (Å²) < 4.78 is 0. The number of hydrogen-bond acceptors (Lipinski definition) is 0. The molecule has 19 heavy (non-hydrogen) atoms. The van der Waals surface area contributed by atoms with Gasteiger partial charge in [-0.05, 0) is 41.2 Å². The SMILES string of the molecule is CCCCCCCc1ccc2ccccc2c1CC. The zero-order chi connectivity index (χ0) is 13.5. The molecule has 0 radical (unpaired) electrons. The van der Waals surface area contributed by atoms with Crippen LogP contribution < -0.4 is 0 Å². The van der Waals surface area contributed by atoms with Crippen molar-refractivity contribution in [2.24, 2.45) is 0 Å². The van der Waals surface area contributed by atoms with Crippen molar-refractivity contribution in [3.05, 3.63) is 47.5 Å². The molecule has 2 rings (SSSR count). The third kappa shape index (κ3) is 3.59. The van der Waals surface area contributed by atoms with Crippen LogP contribution >= 0.6 is 0 Å². The molecule has 0 heterocycles. The highest BCUT2D eigenvalue weighted by Gasteiger charge is 2.05. The maximum atomic E-state index is 2.35. The molecule has 0 aromatic heterocycles. The lowest BCUT2D eigenvalue weighted by atomic mass is 9.94. The van der Waals surface area contributed by atoms with E-state index in [2.05, 4.69) is 50.2 Å². The number of unbranched alkanes of at least 4 members (excludes halogenated alkanes) is 4. The Hall–Kier alpha value is -1.30. The number of rotatable bonds is 7. The summed E-state index contributed by atoms with van der Waals surface area (Å²) in [6, 6.07) is 13.4. The Kier molecular flexibility index (Phi) is 5.44. The minimum absolute atomic E-state index is 1.14. The predicted molar refractivity (Wildman–Crippen MR) is 85.8 cm³/mol. The summed E-state index contributed by atoms with van der Waals surface area (Å²) in [6.45, 7) is 4.56. The van der Waals surface area contributed by atoms with Gasteiger partial charge in [0.15, 0.2) is 0 Å². The van der Waals surface area contributed by atoms with E-state index in [1.165, 1.54) is 49.3 Å². The van der Waals surface area contributed by atoms with Gasteiger partial charge in [-0.1, -0.05) is 75.9 Å². The van der Waals surface area contributed by atoms with Gasteiger partial charge in [0, 0.05) is 0 Å². The summed E-state index contributed by atoms with van der Waals surface area (Å²) in [5, 5.41) is 2.84. The van der Waals surface area contributed by atoms with Crippen molar-refractivity contribution in [2.75, 3.05) is 0 Å². The van der Waals surface area contributed by atoms with Gasteiger partial charge in [0.2, 0.25) is 0 Å². The normalized spacial score (nSPS) is 11.1. The van der Waals surface area contributed by atoms with Crippen LogP contribution in [0.4, 0.5) is 0 Å². The Morgan fingerprint density at radius 3 is 2.37 bits per heavy atom. The molecule has 0 atom stereocenters. The zero-order valence-corrected chi connectivity index (χ0v) is 12.4. The number of aryl methyl sites for hydroxylation is 2. The highest BCUT2D eigenvalue weighted by atomic mass is 14.1. The fourth-order valence-corrected chi connectivity index (χ4v) is 2.95. The van der Waals surface area contributed by atoms with E-state index in [0.717, 1.165) is 6.42 Å². The lowest BCUT2D eigenvalue weighted by Gasteiger charge is -2.11. The second kappa shape index (κ2) is 7.33. The average molecular weight is 254 g/mol. The van der Waals surface area contributed by atoms with Gasteiger partial charge in [-0.2, -0.15) is 0 Å². The second-order valence-electron chi connectivity index (χ2n) is 5.44. The Labute approximate surface area is 117 Å². The van der Waals surface area contributed by atoms with E-state index in [9.17, 15) is 0 Å². The molecule has 0 spiro atoms. The van der Waals surface area contributed by atoms with E-state index in [1.54, 1.807) is 11.1 Å². The minimum Gasteiger partial charge on any atom is -0.0654 e. The van der Waals surface area contributed by atoms with Gasteiger partial charge in [0.1, 0.15) is 0 Å². The first-order chi connectivity index (χ1) is 9.36. The van der Waals surface area contributed by atoms with Gasteiger partial charge in [-0.25, -0.2) is 0 Å². The van der Waals surface area contributed by atoms with Gasteiger partial charge in [-0.15, -0.1) is 0 Å². The van der Waals surface area contributed by atoms with Crippen LogP contribution in [0.3, 0.4) is 0 Å². The molecule has 0 amide bonds. The van der Waals surface area contributed by atoms with Crippen LogP contribution in [0.5, 0.6) is 0 Å². The Balaban J connectivity index is 2.10. The summed E-state index contributed by atoms with van der Waals surface area (Å²) in [5.41, 5.74) is 3.13. The van der Waals surface area contributed by atoms with Crippen LogP contribution in [0.25, 0.3) is 10.8 Å². The molecule has 0 nitrogen and oxygen atoms in total. The maximum Gasteiger partial charge on any atom is -0.0149 e. The molecule has 0 saturated carbocycles. The second-order valence-corrected chi connectivity index (χ2v) is 5.44. The van der Waals surface area contributed by atoms with Crippen LogP contribution in [-0.2, 0) is 12.8 Å². The summed E-state index contributed by atoms with van der Waals surface area (Å²) >= 11 is 0. The molecule has 0 aliphatic rings. The van der Waals surface area contributed by atoms with Crippen molar-refractivity contribution in [3.63, 3.8) is 0 Å². The smallest absolute Gasteiger partial charge is 0.0149 e. The van der Waals surface area contributed by atoms with E-state index in [1.807, 2.05) is 0 Å². The van der Waals surface area contributed by atoms with E-state index in [-0.39, 0.29) is 0 Å². The van der Waals surface area contributed by atoms with Crippen molar-refractivity contribution in [2.45, 2.75) is 58.8 Å². The third-order valence-electron chi connectivity index (χ3n) is 4.04. The molecule has 0 aliphatic carbocycles. The maximum absolute atomic E-state index is 2.35. The van der Waals surface area contributed by atoms with Crippen LogP contribution in [0, 0.1) is 0 Å². The molecule has 0 aliphatic heterocycles. The molecular weight excluding hydrogens is 228 g/mol. The zero-order valence-electron chi connectivity index (χ0n) is 12.4. The first kappa shape index (κ1) is 14.1. The van der Waals surface area contributed by atoms with Gasteiger partial charge in [-0.3, -0.25) is 0 Å². The van der Waals surface area contributed by atoms with Crippen molar-refractivity contribution in [3.8, 4) is 0 Å². The summed E-state index contributed by atoms with van der Waals surface area (Å²) in [4.78, 5) is 0. The number of hydrogen-bond donors (Lipinski definition) is 0. The standard InChI is InChI=1S/C19H26/c1-3-5-6-7-8-11-16-14-15-17-12-9-10-13-19(17)18(16)4-2/h9-10,12-15H,3-8,11H2,1-2H3. The summed E-state index contributed by atoms with van der Waals surface area (Å²) in [5.74, 6) is 0. The van der Waals surface area contributed by atoms with Gasteiger partial charge in [0.25, 0.3) is 0 Å². The lowest BCUT2D eigenvalue weighted by Crippen LogP contribution is -1.95. The largest absolute Gasteiger partial charge is 0.0654 e. The molecule has 2 aromatic carbocycles. The van der Waals surface area contributed by atoms with Gasteiger partial charge < -0.3 is 0 Å². The van der Waals surface area contributed by atoms with E-state index >= 15 is 0 Å². The fourth-order valence-electron chi connectivity index (χ4n) is 2.95. The van der Waals surface area contributed by atoms with Crippen molar-refractivity contribution in [1.82, 2.24) is 0 Å². The van der Waals surface area contributed by atoms with E-state index in [0.29, 0.717) is 0 Å². The van der Waals surface area contributed by atoms with E-state index in [4.69, 9.17) is 0 Å². The first-order valence-electron chi connectivity index (χ1n) is 7.86. The number of benzene rings is 2. The monoisotopic (exact) mass is 254 g/mol. The summed E-state index contributed by atoms with van der Waals surface area (Å²) in [7, 11) is 0. The predicted octanol–water partition coefficient (Wildman–Crippen LogP) is 5.92. The Morgan fingerprint density at radius 2 is 1.58 bits per heavy atom.